The molecule has 0 saturated carbocycles. The van der Waals surface area contributed by atoms with Crippen molar-refractivity contribution in [2.24, 2.45) is 10.8 Å². The van der Waals surface area contributed by atoms with Crippen molar-refractivity contribution in [3.63, 3.8) is 0 Å². The highest BCUT2D eigenvalue weighted by Gasteiger charge is 2.27. The van der Waals surface area contributed by atoms with Crippen LogP contribution in [0.1, 0.15) is 26.7 Å². The van der Waals surface area contributed by atoms with Crippen LogP contribution in [0.15, 0.2) is 0 Å². The average molecular weight is 250 g/mol. The maximum atomic E-state index is 9.23. The summed E-state index contributed by atoms with van der Waals surface area (Å²) < 4.78 is 5.40. The molecule has 0 unspecified atom stereocenters. The molecule has 0 amide bonds. The topological polar surface area (TPSA) is 90.2 Å². The van der Waals surface area contributed by atoms with Crippen LogP contribution in [-0.4, -0.2) is 60.1 Å². The zero-order valence-corrected chi connectivity index (χ0v) is 10.9. The van der Waals surface area contributed by atoms with E-state index in [0.29, 0.717) is 19.4 Å². The highest BCUT2D eigenvalue weighted by atomic mass is 16.5. The number of hydrogen-bond acceptors (Lipinski definition) is 5. The van der Waals surface area contributed by atoms with Gasteiger partial charge in [0, 0.05) is 17.4 Å². The summed E-state index contributed by atoms with van der Waals surface area (Å²) in [5.41, 5.74) is -1.12. The third-order valence-electron chi connectivity index (χ3n) is 3.41. The van der Waals surface area contributed by atoms with E-state index in [2.05, 4.69) is 0 Å². The van der Waals surface area contributed by atoms with Crippen LogP contribution in [0.2, 0.25) is 0 Å². The van der Waals surface area contributed by atoms with Crippen molar-refractivity contribution >= 4 is 0 Å². The lowest BCUT2D eigenvalue weighted by Gasteiger charge is -2.29. The Morgan fingerprint density at radius 1 is 0.941 bits per heavy atom. The Kier molecular flexibility index (Phi) is 7.91. The molecule has 5 nitrogen and oxygen atoms in total. The molecule has 17 heavy (non-hydrogen) atoms. The largest absolute Gasteiger partial charge is 0.396 e. The molecule has 0 aliphatic heterocycles. The third kappa shape index (κ3) is 5.31. The van der Waals surface area contributed by atoms with Gasteiger partial charge in [0.05, 0.1) is 33.0 Å². The molecule has 0 saturated heterocycles. The number of hydrogen-bond donors (Lipinski definition) is 4. The van der Waals surface area contributed by atoms with Crippen LogP contribution in [0.5, 0.6) is 0 Å². The summed E-state index contributed by atoms with van der Waals surface area (Å²) in [6.45, 7) is 3.89. The number of aliphatic hydroxyl groups is 4. The Hall–Kier alpha value is -0.200. The van der Waals surface area contributed by atoms with Gasteiger partial charge >= 0.3 is 0 Å². The lowest BCUT2D eigenvalue weighted by atomic mass is 9.84. The molecule has 4 N–H and O–H groups in total. The molecule has 0 atom stereocenters. The first-order valence-electron chi connectivity index (χ1n) is 6.02. The van der Waals surface area contributed by atoms with Gasteiger partial charge in [0.1, 0.15) is 0 Å². The lowest BCUT2D eigenvalue weighted by molar-refractivity contribution is -0.0363. The van der Waals surface area contributed by atoms with E-state index in [1.165, 1.54) is 0 Å². The normalized spacial score (nSPS) is 13.1. The Bertz CT molecular complexity index is 179. The maximum absolute atomic E-state index is 9.23. The van der Waals surface area contributed by atoms with E-state index in [4.69, 9.17) is 14.9 Å². The quantitative estimate of drug-likeness (QED) is 0.402. The number of aliphatic hydroxyl groups excluding tert-OH is 4. The van der Waals surface area contributed by atoms with Crippen LogP contribution in [0.25, 0.3) is 0 Å². The Morgan fingerprint density at radius 2 is 1.47 bits per heavy atom. The molecule has 0 aliphatic carbocycles. The van der Waals surface area contributed by atoms with Crippen LogP contribution in [0, 0.1) is 10.8 Å². The summed E-state index contributed by atoms with van der Waals surface area (Å²) in [6.07, 6.45) is 1.24. The van der Waals surface area contributed by atoms with Crippen molar-refractivity contribution in [3.8, 4) is 0 Å². The monoisotopic (exact) mass is 250 g/mol. The van der Waals surface area contributed by atoms with Crippen LogP contribution in [0.3, 0.4) is 0 Å². The molecule has 0 aromatic heterocycles. The van der Waals surface area contributed by atoms with Gasteiger partial charge in [0.25, 0.3) is 0 Å². The maximum Gasteiger partial charge on any atom is 0.0563 e. The van der Waals surface area contributed by atoms with Gasteiger partial charge in [-0.15, -0.1) is 0 Å². The summed E-state index contributed by atoms with van der Waals surface area (Å²) in [4.78, 5) is 0. The van der Waals surface area contributed by atoms with Gasteiger partial charge < -0.3 is 25.2 Å². The fourth-order valence-corrected chi connectivity index (χ4v) is 1.36. The van der Waals surface area contributed by atoms with Crippen molar-refractivity contribution in [3.05, 3.63) is 0 Å². The van der Waals surface area contributed by atoms with E-state index in [-0.39, 0.29) is 33.0 Å². The van der Waals surface area contributed by atoms with Crippen LogP contribution in [0.4, 0.5) is 0 Å². The summed E-state index contributed by atoms with van der Waals surface area (Å²) in [6, 6.07) is 0. The van der Waals surface area contributed by atoms with Crippen molar-refractivity contribution in [2.75, 3.05) is 39.6 Å². The van der Waals surface area contributed by atoms with Gasteiger partial charge in [0.2, 0.25) is 0 Å². The molecule has 0 heterocycles. The number of rotatable bonds is 10. The Balaban J connectivity index is 3.98. The summed E-state index contributed by atoms with van der Waals surface area (Å²) >= 11 is 0. The second-order valence-electron chi connectivity index (χ2n) is 5.10. The predicted octanol–water partition coefficient (Wildman–Crippen LogP) is -0.235. The zero-order valence-electron chi connectivity index (χ0n) is 10.9. The highest BCUT2D eigenvalue weighted by molar-refractivity contribution is 4.76. The minimum atomic E-state index is -0.632. The molecule has 0 aliphatic rings. The fraction of sp³-hybridized carbons (Fsp3) is 1.00. The average Bonchev–Trinajstić information content (AvgIpc) is 2.39. The summed E-state index contributed by atoms with van der Waals surface area (Å²) in [5, 5.41) is 36.6. The molecule has 0 aromatic carbocycles. The van der Waals surface area contributed by atoms with Crippen LogP contribution < -0.4 is 0 Å². The van der Waals surface area contributed by atoms with Gasteiger partial charge in [-0.2, -0.15) is 0 Å². The third-order valence-corrected chi connectivity index (χ3v) is 3.41. The van der Waals surface area contributed by atoms with Gasteiger partial charge in [0.15, 0.2) is 0 Å². The minimum absolute atomic E-state index is 0.0688. The first-order valence-corrected chi connectivity index (χ1v) is 6.02. The Morgan fingerprint density at radius 3 is 1.82 bits per heavy atom. The fourth-order valence-electron chi connectivity index (χ4n) is 1.36. The van der Waals surface area contributed by atoms with Crippen molar-refractivity contribution in [1.29, 1.82) is 0 Å². The molecular weight excluding hydrogens is 224 g/mol. The first-order chi connectivity index (χ1) is 8.01. The van der Waals surface area contributed by atoms with Gasteiger partial charge in [-0.05, 0) is 12.8 Å². The number of ether oxygens (including phenoxy) is 1. The lowest BCUT2D eigenvalue weighted by Crippen LogP contribution is -2.34. The van der Waals surface area contributed by atoms with Crippen molar-refractivity contribution < 1.29 is 25.2 Å². The van der Waals surface area contributed by atoms with Gasteiger partial charge in [-0.25, -0.2) is 0 Å². The second kappa shape index (κ2) is 8.00. The minimum Gasteiger partial charge on any atom is -0.396 e. The zero-order chi connectivity index (χ0) is 13.4. The second-order valence-corrected chi connectivity index (χ2v) is 5.10. The van der Waals surface area contributed by atoms with E-state index in [1.54, 1.807) is 6.92 Å². The molecule has 0 bridgehead atoms. The standard InChI is InChI=1S/C12H26O5/c1-3-12(8-15,9-16)4-5-17-10-11(2,6-13)7-14/h13-16H,3-10H2,1-2H3. The smallest absolute Gasteiger partial charge is 0.0563 e. The van der Waals surface area contributed by atoms with Crippen molar-refractivity contribution in [2.45, 2.75) is 26.7 Å². The molecule has 0 fully saturated rings. The molecule has 0 spiro atoms. The van der Waals surface area contributed by atoms with E-state index < -0.39 is 10.8 Å². The van der Waals surface area contributed by atoms with Crippen molar-refractivity contribution in [1.82, 2.24) is 0 Å². The van der Waals surface area contributed by atoms with Gasteiger partial charge in [-0.1, -0.05) is 13.8 Å². The Labute approximate surface area is 103 Å². The molecule has 0 aromatic rings. The molecular formula is C12H26O5. The SMILES string of the molecule is CCC(CO)(CO)CCOCC(C)(CO)CO. The highest BCUT2D eigenvalue weighted by Crippen LogP contribution is 2.25. The first kappa shape index (κ1) is 16.8. The predicted molar refractivity (Wildman–Crippen MR) is 64.6 cm³/mol. The van der Waals surface area contributed by atoms with Crippen LogP contribution >= 0.6 is 0 Å². The van der Waals surface area contributed by atoms with E-state index >= 15 is 0 Å². The van der Waals surface area contributed by atoms with E-state index in [9.17, 15) is 10.2 Å². The molecule has 5 heteroatoms. The summed E-state index contributed by atoms with van der Waals surface area (Å²) in [7, 11) is 0. The molecule has 104 valence electrons. The molecule has 0 radical (unpaired) electrons. The van der Waals surface area contributed by atoms with Gasteiger partial charge in [-0.3, -0.25) is 0 Å². The summed E-state index contributed by atoms with van der Waals surface area (Å²) in [5.74, 6) is 0. The van der Waals surface area contributed by atoms with E-state index in [1.807, 2.05) is 6.92 Å². The van der Waals surface area contributed by atoms with E-state index in [0.717, 1.165) is 0 Å². The molecule has 0 rings (SSSR count). The van der Waals surface area contributed by atoms with Crippen LogP contribution in [-0.2, 0) is 4.74 Å².